The van der Waals surface area contributed by atoms with Crippen LogP contribution in [0.5, 0.6) is 5.75 Å². The molecule has 2 saturated heterocycles. The molecule has 1 atom stereocenters. The molecule has 0 bridgehead atoms. The highest BCUT2D eigenvalue weighted by Crippen LogP contribution is 2.27. The Labute approximate surface area is 184 Å². The van der Waals surface area contributed by atoms with E-state index in [0.29, 0.717) is 31.8 Å². The molecule has 0 aromatic heterocycles. The number of hydrogen-bond acceptors (Lipinski definition) is 5. The third-order valence-electron chi connectivity index (χ3n) is 6.14. The van der Waals surface area contributed by atoms with E-state index in [4.69, 9.17) is 4.74 Å². The van der Waals surface area contributed by atoms with E-state index in [-0.39, 0.29) is 23.3 Å². The fourth-order valence-electron chi connectivity index (χ4n) is 4.34. The first-order valence-electron chi connectivity index (χ1n) is 10.7. The Hall–Kier alpha value is -2.58. The van der Waals surface area contributed by atoms with Crippen LogP contribution in [0.3, 0.4) is 0 Å². The number of carbonyl (C=O) groups excluding carboxylic acids is 1. The second-order valence-electron chi connectivity index (χ2n) is 8.03. The lowest BCUT2D eigenvalue weighted by Gasteiger charge is -2.39. The maximum Gasteiger partial charge on any atom is 0.243 e. The highest BCUT2D eigenvalue weighted by atomic mass is 32.2. The smallest absolute Gasteiger partial charge is 0.243 e. The zero-order chi connectivity index (χ0) is 21.8. The molecule has 0 unspecified atom stereocenters. The SMILES string of the molecule is COc1ccc(S(=O)(=O)N2CCC[C@H](C(=O)N3CCN(c4ccccc4)CC3)C2)cc1. The van der Waals surface area contributed by atoms with E-state index in [1.807, 2.05) is 23.1 Å². The van der Waals surface area contributed by atoms with Crippen molar-refractivity contribution in [2.45, 2.75) is 17.7 Å². The summed E-state index contributed by atoms with van der Waals surface area (Å²) in [6, 6.07) is 16.6. The van der Waals surface area contributed by atoms with Gasteiger partial charge in [0.1, 0.15) is 5.75 Å². The zero-order valence-electron chi connectivity index (χ0n) is 17.8. The summed E-state index contributed by atoms with van der Waals surface area (Å²) < 4.78 is 32.7. The van der Waals surface area contributed by atoms with Gasteiger partial charge in [0.15, 0.2) is 0 Å². The second kappa shape index (κ2) is 9.28. The summed E-state index contributed by atoms with van der Waals surface area (Å²) in [6.07, 6.45) is 1.42. The van der Waals surface area contributed by atoms with Crippen molar-refractivity contribution in [2.75, 3.05) is 51.3 Å². The van der Waals surface area contributed by atoms with Gasteiger partial charge < -0.3 is 14.5 Å². The van der Waals surface area contributed by atoms with Crippen molar-refractivity contribution in [3.05, 3.63) is 54.6 Å². The molecule has 1 amide bonds. The van der Waals surface area contributed by atoms with Gasteiger partial charge in [-0.2, -0.15) is 4.31 Å². The van der Waals surface area contributed by atoms with Gasteiger partial charge in [0.25, 0.3) is 0 Å². The molecule has 31 heavy (non-hydrogen) atoms. The van der Waals surface area contributed by atoms with Crippen molar-refractivity contribution in [2.24, 2.45) is 5.92 Å². The van der Waals surface area contributed by atoms with Crippen LogP contribution in [0, 0.1) is 5.92 Å². The number of anilines is 1. The molecule has 2 aromatic rings. The van der Waals surface area contributed by atoms with Gasteiger partial charge in [-0.25, -0.2) is 8.42 Å². The maximum atomic E-state index is 13.2. The topological polar surface area (TPSA) is 70.2 Å². The van der Waals surface area contributed by atoms with Crippen LogP contribution in [-0.4, -0.2) is 69.9 Å². The van der Waals surface area contributed by atoms with Gasteiger partial charge >= 0.3 is 0 Å². The third kappa shape index (κ3) is 4.70. The number of methoxy groups -OCH3 is 1. The Kier molecular flexibility index (Phi) is 6.48. The van der Waals surface area contributed by atoms with Crippen molar-refractivity contribution in [3.8, 4) is 5.75 Å². The molecule has 0 spiro atoms. The summed E-state index contributed by atoms with van der Waals surface area (Å²) in [4.78, 5) is 17.6. The minimum absolute atomic E-state index is 0.0716. The third-order valence-corrected chi connectivity index (χ3v) is 8.02. The number of sulfonamides is 1. The minimum Gasteiger partial charge on any atom is -0.497 e. The monoisotopic (exact) mass is 443 g/mol. The molecule has 166 valence electrons. The van der Waals surface area contributed by atoms with E-state index in [1.54, 1.807) is 31.4 Å². The molecule has 2 aliphatic heterocycles. The van der Waals surface area contributed by atoms with E-state index in [9.17, 15) is 13.2 Å². The number of hydrogen-bond donors (Lipinski definition) is 0. The normalized spacial score (nSPS) is 20.5. The molecular formula is C23H29N3O4S. The highest BCUT2D eigenvalue weighted by Gasteiger charge is 2.35. The first-order valence-corrected chi connectivity index (χ1v) is 12.2. The molecule has 2 aliphatic rings. The standard InChI is InChI=1S/C23H29N3O4S/c1-30-21-9-11-22(12-10-21)31(28,29)26-13-5-6-19(18-26)23(27)25-16-14-24(15-17-25)20-7-3-2-4-8-20/h2-4,7-12,19H,5-6,13-18H2,1H3/t19-/m0/s1. The maximum absolute atomic E-state index is 13.2. The van der Waals surface area contributed by atoms with E-state index in [2.05, 4.69) is 17.0 Å². The van der Waals surface area contributed by atoms with Crippen molar-refractivity contribution in [3.63, 3.8) is 0 Å². The largest absolute Gasteiger partial charge is 0.497 e. The predicted molar refractivity (Wildman–Crippen MR) is 120 cm³/mol. The number of carbonyl (C=O) groups is 1. The van der Waals surface area contributed by atoms with Gasteiger partial charge in [0, 0.05) is 45.0 Å². The number of amides is 1. The Morgan fingerprint density at radius 1 is 0.935 bits per heavy atom. The number of piperazine rings is 1. The summed E-state index contributed by atoms with van der Waals surface area (Å²) in [5.74, 6) is 0.396. The molecule has 2 heterocycles. The van der Waals surface area contributed by atoms with Gasteiger partial charge in [0.2, 0.25) is 15.9 Å². The van der Waals surface area contributed by atoms with Crippen LogP contribution in [0.25, 0.3) is 0 Å². The summed E-state index contributed by atoms with van der Waals surface area (Å²) >= 11 is 0. The fourth-order valence-corrected chi connectivity index (χ4v) is 5.86. The number of para-hydroxylation sites is 1. The van der Waals surface area contributed by atoms with Crippen LogP contribution < -0.4 is 9.64 Å². The molecule has 4 rings (SSSR count). The average molecular weight is 444 g/mol. The molecule has 2 aromatic carbocycles. The quantitative estimate of drug-likeness (QED) is 0.710. The number of ether oxygens (including phenoxy) is 1. The predicted octanol–water partition coefficient (Wildman–Crippen LogP) is 2.44. The molecule has 0 radical (unpaired) electrons. The van der Waals surface area contributed by atoms with Crippen LogP contribution in [0.4, 0.5) is 5.69 Å². The molecular weight excluding hydrogens is 414 g/mol. The minimum atomic E-state index is -3.63. The number of nitrogens with zero attached hydrogens (tertiary/aromatic N) is 3. The van der Waals surface area contributed by atoms with Gasteiger partial charge in [-0.3, -0.25) is 4.79 Å². The zero-order valence-corrected chi connectivity index (χ0v) is 18.6. The summed E-state index contributed by atoms with van der Waals surface area (Å²) in [5, 5.41) is 0. The Morgan fingerprint density at radius 3 is 2.26 bits per heavy atom. The van der Waals surface area contributed by atoms with Gasteiger partial charge in [-0.1, -0.05) is 18.2 Å². The molecule has 0 aliphatic carbocycles. The van der Waals surface area contributed by atoms with Gasteiger partial charge in [-0.05, 0) is 49.2 Å². The van der Waals surface area contributed by atoms with Crippen molar-refractivity contribution in [1.82, 2.24) is 9.21 Å². The van der Waals surface area contributed by atoms with Crippen molar-refractivity contribution < 1.29 is 17.9 Å². The lowest BCUT2D eigenvalue weighted by atomic mass is 9.97. The fraction of sp³-hybridized carbons (Fsp3) is 0.435. The van der Waals surface area contributed by atoms with Crippen LogP contribution in [0.1, 0.15) is 12.8 Å². The Morgan fingerprint density at radius 2 is 1.61 bits per heavy atom. The Bertz CT molecular complexity index is 987. The number of piperidine rings is 1. The number of rotatable bonds is 5. The van der Waals surface area contributed by atoms with Gasteiger partial charge in [0.05, 0.1) is 17.9 Å². The lowest BCUT2D eigenvalue weighted by molar-refractivity contribution is -0.137. The first-order chi connectivity index (χ1) is 15.0. The first kappa shape index (κ1) is 21.6. The van der Waals surface area contributed by atoms with E-state index in [1.165, 1.54) is 9.99 Å². The van der Waals surface area contributed by atoms with Crippen LogP contribution in [0.2, 0.25) is 0 Å². The van der Waals surface area contributed by atoms with Crippen LogP contribution in [-0.2, 0) is 14.8 Å². The summed E-state index contributed by atoms with van der Waals surface area (Å²) in [6.45, 7) is 3.59. The Balaban J connectivity index is 1.38. The molecule has 2 fully saturated rings. The lowest BCUT2D eigenvalue weighted by Crippen LogP contribution is -2.53. The van der Waals surface area contributed by atoms with E-state index < -0.39 is 10.0 Å². The summed E-state index contributed by atoms with van der Waals surface area (Å²) in [5.41, 5.74) is 1.17. The number of benzene rings is 2. The molecule has 0 saturated carbocycles. The van der Waals surface area contributed by atoms with Crippen molar-refractivity contribution in [1.29, 1.82) is 0 Å². The van der Waals surface area contributed by atoms with E-state index >= 15 is 0 Å². The molecule has 0 N–H and O–H groups in total. The average Bonchev–Trinajstić information content (AvgIpc) is 2.84. The van der Waals surface area contributed by atoms with Crippen LogP contribution >= 0.6 is 0 Å². The van der Waals surface area contributed by atoms with E-state index in [0.717, 1.165) is 19.5 Å². The summed E-state index contributed by atoms with van der Waals surface area (Å²) in [7, 11) is -2.08. The van der Waals surface area contributed by atoms with Crippen LogP contribution in [0.15, 0.2) is 59.5 Å². The molecule has 7 nitrogen and oxygen atoms in total. The van der Waals surface area contributed by atoms with Crippen molar-refractivity contribution >= 4 is 21.6 Å². The highest BCUT2D eigenvalue weighted by molar-refractivity contribution is 7.89. The van der Waals surface area contributed by atoms with Gasteiger partial charge in [-0.15, -0.1) is 0 Å². The second-order valence-corrected chi connectivity index (χ2v) is 9.96. The molecule has 8 heteroatoms.